The van der Waals surface area contributed by atoms with Gasteiger partial charge < -0.3 is 9.67 Å². The summed E-state index contributed by atoms with van der Waals surface area (Å²) in [6, 6.07) is 4.79. The fourth-order valence-electron chi connectivity index (χ4n) is 1.89. The van der Waals surface area contributed by atoms with E-state index in [1.54, 1.807) is 29.8 Å². The number of aryl methyl sites for hydroxylation is 2. The third kappa shape index (κ3) is 2.83. The van der Waals surface area contributed by atoms with Crippen LogP contribution in [0.25, 0.3) is 0 Å². The van der Waals surface area contributed by atoms with E-state index >= 15 is 0 Å². The highest BCUT2D eigenvalue weighted by Gasteiger charge is 2.18. The Morgan fingerprint density at radius 2 is 2.20 bits per heavy atom. The molecule has 108 valence electrons. The van der Waals surface area contributed by atoms with Crippen LogP contribution in [0, 0.1) is 6.92 Å². The maximum atomic E-state index is 12.3. The maximum Gasteiger partial charge on any atom is 0.263 e. The minimum Gasteiger partial charge on any atom is -0.390 e. The Morgan fingerprint density at radius 1 is 1.45 bits per heavy atom. The van der Waals surface area contributed by atoms with Crippen molar-refractivity contribution in [2.75, 3.05) is 4.72 Å². The van der Waals surface area contributed by atoms with E-state index in [9.17, 15) is 13.5 Å². The molecule has 0 aliphatic carbocycles. The van der Waals surface area contributed by atoms with E-state index in [0.717, 1.165) is 0 Å². The summed E-state index contributed by atoms with van der Waals surface area (Å²) in [7, 11) is -3.68. The molecule has 2 rings (SSSR count). The number of anilines is 1. The molecule has 2 aromatic rings. The average Bonchev–Trinajstić information content (AvgIpc) is 2.85. The summed E-state index contributed by atoms with van der Waals surface area (Å²) in [5.41, 5.74) is 1.62. The molecule has 2 heterocycles. The Kier molecular flexibility index (Phi) is 4.10. The monoisotopic (exact) mass is 295 g/mol. The smallest absolute Gasteiger partial charge is 0.263 e. The van der Waals surface area contributed by atoms with Crippen LogP contribution in [0.5, 0.6) is 0 Å². The zero-order valence-electron chi connectivity index (χ0n) is 11.4. The molecule has 0 saturated carbocycles. The minimum atomic E-state index is -3.68. The number of aliphatic hydroxyl groups is 1. The van der Waals surface area contributed by atoms with Crippen molar-refractivity contribution in [1.29, 1.82) is 0 Å². The van der Waals surface area contributed by atoms with E-state index in [4.69, 9.17) is 0 Å². The zero-order valence-corrected chi connectivity index (χ0v) is 12.2. The van der Waals surface area contributed by atoms with E-state index in [1.165, 1.54) is 12.3 Å². The van der Waals surface area contributed by atoms with Crippen molar-refractivity contribution in [1.82, 2.24) is 9.55 Å². The fraction of sp³-hybridized carbons (Fsp3) is 0.308. The Bertz CT molecular complexity index is 686. The molecule has 0 fully saturated rings. The summed E-state index contributed by atoms with van der Waals surface area (Å²) >= 11 is 0. The van der Waals surface area contributed by atoms with Crippen LogP contribution < -0.4 is 4.72 Å². The Hall–Kier alpha value is -1.86. The number of aliphatic hydroxyl groups excluding tert-OH is 1. The molecule has 0 aliphatic rings. The summed E-state index contributed by atoms with van der Waals surface area (Å²) in [5.74, 6) is 0. The van der Waals surface area contributed by atoms with Gasteiger partial charge in [0.25, 0.3) is 10.0 Å². The molecule has 7 heteroatoms. The second kappa shape index (κ2) is 5.64. The van der Waals surface area contributed by atoms with Gasteiger partial charge in [0, 0.05) is 24.6 Å². The Balaban J connectivity index is 2.36. The maximum absolute atomic E-state index is 12.3. The van der Waals surface area contributed by atoms with Gasteiger partial charge in [-0.25, -0.2) is 8.42 Å². The standard InChI is InChI=1S/C13H17N3O3S/c1-3-16-8-12(7-11(16)9-17)20(18,19)15-13-5-4-6-14-10(13)2/h4-8,15,17H,3,9H2,1-2H3. The molecule has 0 aromatic carbocycles. The third-order valence-corrected chi connectivity index (χ3v) is 4.36. The highest BCUT2D eigenvalue weighted by molar-refractivity contribution is 7.92. The molecule has 0 aliphatic heterocycles. The zero-order chi connectivity index (χ0) is 14.8. The first-order chi connectivity index (χ1) is 9.47. The quantitative estimate of drug-likeness (QED) is 0.875. The number of hydrogen-bond acceptors (Lipinski definition) is 4. The van der Waals surface area contributed by atoms with Gasteiger partial charge in [-0.3, -0.25) is 9.71 Å². The largest absolute Gasteiger partial charge is 0.390 e. The molecule has 0 radical (unpaired) electrons. The Morgan fingerprint density at radius 3 is 2.75 bits per heavy atom. The number of pyridine rings is 1. The van der Waals surface area contributed by atoms with E-state index in [2.05, 4.69) is 9.71 Å². The van der Waals surface area contributed by atoms with Crippen molar-refractivity contribution < 1.29 is 13.5 Å². The number of nitrogens with zero attached hydrogens (tertiary/aromatic N) is 2. The van der Waals surface area contributed by atoms with Gasteiger partial charge in [0.1, 0.15) is 4.90 Å². The molecule has 2 aromatic heterocycles. The predicted molar refractivity (Wildman–Crippen MR) is 75.8 cm³/mol. The lowest BCUT2D eigenvalue weighted by Crippen LogP contribution is -2.13. The van der Waals surface area contributed by atoms with Crippen LogP contribution in [0.2, 0.25) is 0 Å². The molecule has 0 saturated heterocycles. The number of sulfonamides is 1. The van der Waals surface area contributed by atoms with Crippen LogP contribution in [0.1, 0.15) is 18.3 Å². The lowest BCUT2D eigenvalue weighted by molar-refractivity contribution is 0.271. The predicted octanol–water partition coefficient (Wildman–Crippen LogP) is 1.50. The van der Waals surface area contributed by atoms with Crippen molar-refractivity contribution in [3.63, 3.8) is 0 Å². The van der Waals surface area contributed by atoms with Crippen LogP contribution in [-0.2, 0) is 23.2 Å². The van der Waals surface area contributed by atoms with Crippen LogP contribution in [0.3, 0.4) is 0 Å². The second-order valence-electron chi connectivity index (χ2n) is 4.35. The molecule has 0 amide bonds. The topological polar surface area (TPSA) is 84.2 Å². The van der Waals surface area contributed by atoms with Crippen LogP contribution >= 0.6 is 0 Å². The van der Waals surface area contributed by atoms with Crippen molar-refractivity contribution in [2.45, 2.75) is 31.9 Å². The van der Waals surface area contributed by atoms with Crippen molar-refractivity contribution >= 4 is 15.7 Å². The summed E-state index contributed by atoms with van der Waals surface area (Å²) < 4.78 is 28.8. The van der Waals surface area contributed by atoms with Crippen LogP contribution in [0.15, 0.2) is 35.5 Å². The Labute approximate surface area is 118 Å². The third-order valence-electron chi connectivity index (χ3n) is 3.03. The van der Waals surface area contributed by atoms with Crippen molar-refractivity contribution in [3.05, 3.63) is 42.0 Å². The number of rotatable bonds is 5. The van der Waals surface area contributed by atoms with E-state index in [0.29, 0.717) is 23.6 Å². The first-order valence-electron chi connectivity index (χ1n) is 6.22. The molecular weight excluding hydrogens is 278 g/mol. The van der Waals surface area contributed by atoms with Gasteiger partial charge in [-0.05, 0) is 32.0 Å². The normalized spacial score (nSPS) is 11.6. The van der Waals surface area contributed by atoms with Gasteiger partial charge in [-0.1, -0.05) is 0 Å². The van der Waals surface area contributed by atoms with Crippen LogP contribution in [0.4, 0.5) is 5.69 Å². The van der Waals surface area contributed by atoms with Gasteiger partial charge >= 0.3 is 0 Å². The van der Waals surface area contributed by atoms with Gasteiger partial charge in [0.05, 0.1) is 18.0 Å². The minimum absolute atomic E-state index is 0.131. The van der Waals surface area contributed by atoms with E-state index in [-0.39, 0.29) is 11.5 Å². The molecule has 0 spiro atoms. The molecule has 6 nitrogen and oxygen atoms in total. The van der Waals surface area contributed by atoms with E-state index < -0.39 is 10.0 Å². The van der Waals surface area contributed by atoms with Crippen molar-refractivity contribution in [2.24, 2.45) is 0 Å². The fourth-order valence-corrected chi connectivity index (χ4v) is 3.07. The first-order valence-corrected chi connectivity index (χ1v) is 7.70. The highest BCUT2D eigenvalue weighted by Crippen LogP contribution is 2.20. The summed E-state index contributed by atoms with van der Waals surface area (Å²) in [5, 5.41) is 9.22. The molecular formula is C13H17N3O3S. The SMILES string of the molecule is CCn1cc(S(=O)(=O)Nc2cccnc2C)cc1CO. The summed E-state index contributed by atoms with van der Waals surface area (Å²) in [6.07, 6.45) is 3.12. The average molecular weight is 295 g/mol. The number of hydrogen-bond donors (Lipinski definition) is 2. The molecule has 0 atom stereocenters. The molecule has 0 unspecified atom stereocenters. The van der Waals surface area contributed by atoms with Gasteiger partial charge in [-0.2, -0.15) is 0 Å². The number of aromatic nitrogens is 2. The molecule has 2 N–H and O–H groups in total. The lowest BCUT2D eigenvalue weighted by atomic mass is 10.3. The van der Waals surface area contributed by atoms with Crippen LogP contribution in [-0.4, -0.2) is 23.1 Å². The summed E-state index contributed by atoms with van der Waals surface area (Å²) in [6.45, 7) is 4.01. The van der Waals surface area contributed by atoms with E-state index in [1.807, 2.05) is 6.92 Å². The van der Waals surface area contributed by atoms with Gasteiger partial charge in [0.15, 0.2) is 0 Å². The van der Waals surface area contributed by atoms with Gasteiger partial charge in [-0.15, -0.1) is 0 Å². The molecule has 20 heavy (non-hydrogen) atoms. The summed E-state index contributed by atoms with van der Waals surface area (Å²) in [4.78, 5) is 4.17. The lowest BCUT2D eigenvalue weighted by Gasteiger charge is -2.08. The highest BCUT2D eigenvalue weighted by atomic mass is 32.2. The first kappa shape index (κ1) is 14.5. The number of nitrogens with one attached hydrogen (secondary N) is 1. The molecule has 0 bridgehead atoms. The van der Waals surface area contributed by atoms with Gasteiger partial charge in [0.2, 0.25) is 0 Å². The second-order valence-corrected chi connectivity index (χ2v) is 6.04. The van der Waals surface area contributed by atoms with Crippen molar-refractivity contribution in [3.8, 4) is 0 Å².